The predicted octanol–water partition coefficient (Wildman–Crippen LogP) is 3.03. The van der Waals surface area contributed by atoms with Gasteiger partial charge in [-0.1, -0.05) is 13.0 Å². The van der Waals surface area contributed by atoms with Gasteiger partial charge in [0.05, 0.1) is 0 Å². The maximum absolute atomic E-state index is 13.0. The van der Waals surface area contributed by atoms with E-state index in [4.69, 9.17) is 0 Å². The Morgan fingerprint density at radius 2 is 2.00 bits per heavy atom. The Balaban J connectivity index is 3.04. The van der Waals surface area contributed by atoms with E-state index in [1.54, 1.807) is 0 Å². The maximum Gasteiger partial charge on any atom is 0.573 e. The van der Waals surface area contributed by atoms with E-state index in [1.807, 2.05) is 0 Å². The summed E-state index contributed by atoms with van der Waals surface area (Å²) in [5.74, 6) is -2.67. The van der Waals surface area contributed by atoms with E-state index < -0.39 is 23.8 Å². The van der Waals surface area contributed by atoms with Gasteiger partial charge in [-0.25, -0.2) is 4.39 Å². The monoisotopic (exact) mass is 236 g/mol. The number of rotatable bonds is 3. The van der Waals surface area contributed by atoms with E-state index >= 15 is 0 Å². The Bertz CT molecular complexity index is 387. The summed E-state index contributed by atoms with van der Waals surface area (Å²) in [7, 11) is 0. The van der Waals surface area contributed by atoms with Crippen molar-refractivity contribution in [1.29, 1.82) is 0 Å². The largest absolute Gasteiger partial charge is 0.573 e. The molecule has 0 aliphatic rings. The van der Waals surface area contributed by atoms with Crippen molar-refractivity contribution < 1.29 is 27.1 Å². The molecular formula is C10H8F4O2. The molecule has 0 fully saturated rings. The first-order valence-corrected chi connectivity index (χ1v) is 4.34. The van der Waals surface area contributed by atoms with Gasteiger partial charge in [-0.05, 0) is 17.7 Å². The van der Waals surface area contributed by atoms with Crippen LogP contribution in [0.2, 0.25) is 0 Å². The number of aldehydes is 1. The lowest BCUT2D eigenvalue weighted by Crippen LogP contribution is -2.18. The van der Waals surface area contributed by atoms with Gasteiger partial charge >= 0.3 is 6.36 Å². The molecule has 1 rings (SSSR count). The first kappa shape index (κ1) is 12.5. The van der Waals surface area contributed by atoms with Gasteiger partial charge in [0.25, 0.3) is 0 Å². The van der Waals surface area contributed by atoms with E-state index in [9.17, 15) is 22.4 Å². The van der Waals surface area contributed by atoms with Crippen LogP contribution in [0.1, 0.15) is 18.4 Å². The Morgan fingerprint density at radius 3 is 2.50 bits per heavy atom. The molecule has 0 saturated carbocycles. The summed E-state index contributed by atoms with van der Waals surface area (Å²) < 4.78 is 52.1. The molecule has 0 spiro atoms. The predicted molar refractivity (Wildman–Crippen MR) is 47.6 cm³/mol. The molecule has 1 atom stereocenters. The van der Waals surface area contributed by atoms with E-state index in [1.165, 1.54) is 13.0 Å². The maximum atomic E-state index is 13.0. The molecule has 0 aromatic heterocycles. The van der Waals surface area contributed by atoms with Crippen molar-refractivity contribution in [1.82, 2.24) is 0 Å². The molecule has 0 aliphatic carbocycles. The summed E-state index contributed by atoms with van der Waals surface area (Å²) in [5, 5.41) is 0. The first-order valence-electron chi connectivity index (χ1n) is 4.34. The smallest absolute Gasteiger partial charge is 0.403 e. The molecule has 0 aliphatic heterocycles. The van der Waals surface area contributed by atoms with Gasteiger partial charge in [-0.2, -0.15) is 0 Å². The van der Waals surface area contributed by atoms with Crippen molar-refractivity contribution in [2.75, 3.05) is 0 Å². The zero-order valence-corrected chi connectivity index (χ0v) is 8.22. The van der Waals surface area contributed by atoms with Gasteiger partial charge < -0.3 is 9.53 Å². The van der Waals surface area contributed by atoms with Crippen molar-refractivity contribution in [2.45, 2.75) is 19.2 Å². The fourth-order valence-electron chi connectivity index (χ4n) is 1.08. The van der Waals surface area contributed by atoms with E-state index in [0.29, 0.717) is 6.29 Å². The highest BCUT2D eigenvalue weighted by Crippen LogP contribution is 2.28. The molecule has 0 radical (unpaired) electrons. The van der Waals surface area contributed by atoms with Crippen LogP contribution in [-0.2, 0) is 4.79 Å². The SMILES string of the molecule is CC(C=O)c1ccc(F)c(OC(F)(F)F)c1. The third-order valence-corrected chi connectivity index (χ3v) is 1.91. The number of ether oxygens (including phenoxy) is 1. The summed E-state index contributed by atoms with van der Waals surface area (Å²) in [6.45, 7) is 1.48. The third kappa shape index (κ3) is 3.22. The van der Waals surface area contributed by atoms with Gasteiger partial charge in [0.2, 0.25) is 0 Å². The zero-order chi connectivity index (χ0) is 12.3. The molecule has 6 heteroatoms. The van der Waals surface area contributed by atoms with Crippen LogP contribution in [0.15, 0.2) is 18.2 Å². The van der Waals surface area contributed by atoms with Crippen LogP contribution >= 0.6 is 0 Å². The number of hydrogen-bond acceptors (Lipinski definition) is 2. The van der Waals surface area contributed by atoms with Crippen LogP contribution in [0.5, 0.6) is 5.75 Å². The number of carbonyl (C=O) groups excluding carboxylic acids is 1. The van der Waals surface area contributed by atoms with Gasteiger partial charge in [-0.15, -0.1) is 13.2 Å². The van der Waals surface area contributed by atoms with Crippen molar-refractivity contribution in [3.8, 4) is 5.75 Å². The molecule has 0 saturated heterocycles. The van der Waals surface area contributed by atoms with Crippen LogP contribution in [0.4, 0.5) is 17.6 Å². The van der Waals surface area contributed by atoms with Crippen LogP contribution in [0.3, 0.4) is 0 Å². The highest BCUT2D eigenvalue weighted by Gasteiger charge is 2.32. The molecule has 0 heterocycles. The van der Waals surface area contributed by atoms with Gasteiger partial charge in [0, 0.05) is 5.92 Å². The number of benzene rings is 1. The summed E-state index contributed by atoms with van der Waals surface area (Å²) in [6, 6.07) is 2.93. The highest BCUT2D eigenvalue weighted by molar-refractivity contribution is 5.61. The molecule has 16 heavy (non-hydrogen) atoms. The standard InChI is InChI=1S/C10H8F4O2/c1-6(5-15)7-2-3-8(11)9(4-7)16-10(12,13)14/h2-6H,1H3. The number of carbonyl (C=O) groups is 1. The Morgan fingerprint density at radius 1 is 1.38 bits per heavy atom. The third-order valence-electron chi connectivity index (χ3n) is 1.91. The average molecular weight is 236 g/mol. The molecule has 1 aromatic carbocycles. The lowest BCUT2D eigenvalue weighted by atomic mass is 10.0. The topological polar surface area (TPSA) is 26.3 Å². The zero-order valence-electron chi connectivity index (χ0n) is 8.22. The van der Waals surface area contributed by atoms with Gasteiger partial charge in [-0.3, -0.25) is 0 Å². The Labute approximate surface area is 88.8 Å². The van der Waals surface area contributed by atoms with Gasteiger partial charge in [0.15, 0.2) is 11.6 Å². The van der Waals surface area contributed by atoms with E-state index in [0.717, 1.165) is 12.1 Å². The summed E-state index contributed by atoms with van der Waals surface area (Å²) in [6.07, 6.45) is -4.41. The summed E-state index contributed by atoms with van der Waals surface area (Å²) in [5.41, 5.74) is 0.260. The molecular weight excluding hydrogens is 228 g/mol. The van der Waals surface area contributed by atoms with Gasteiger partial charge in [0.1, 0.15) is 6.29 Å². The van der Waals surface area contributed by atoms with Crippen molar-refractivity contribution in [3.63, 3.8) is 0 Å². The second-order valence-corrected chi connectivity index (χ2v) is 3.16. The van der Waals surface area contributed by atoms with Crippen LogP contribution in [-0.4, -0.2) is 12.6 Å². The fraction of sp³-hybridized carbons (Fsp3) is 0.300. The average Bonchev–Trinajstić information content (AvgIpc) is 2.18. The van der Waals surface area contributed by atoms with Crippen molar-refractivity contribution >= 4 is 6.29 Å². The quantitative estimate of drug-likeness (QED) is 0.595. The molecule has 0 bridgehead atoms. The second-order valence-electron chi connectivity index (χ2n) is 3.16. The lowest BCUT2D eigenvalue weighted by molar-refractivity contribution is -0.275. The summed E-state index contributed by atoms with van der Waals surface area (Å²) >= 11 is 0. The van der Waals surface area contributed by atoms with Crippen LogP contribution < -0.4 is 4.74 Å². The molecule has 88 valence electrons. The second kappa shape index (κ2) is 4.51. The number of alkyl halides is 3. The normalized spacial score (nSPS) is 13.3. The minimum absolute atomic E-state index is 0.260. The molecule has 2 nitrogen and oxygen atoms in total. The number of hydrogen-bond donors (Lipinski definition) is 0. The highest BCUT2D eigenvalue weighted by atomic mass is 19.4. The van der Waals surface area contributed by atoms with E-state index in [2.05, 4.69) is 4.74 Å². The van der Waals surface area contributed by atoms with Crippen LogP contribution in [0, 0.1) is 5.82 Å². The van der Waals surface area contributed by atoms with Crippen molar-refractivity contribution in [2.24, 2.45) is 0 Å². The number of halogens is 4. The molecule has 1 unspecified atom stereocenters. The Hall–Kier alpha value is -1.59. The first-order chi connectivity index (χ1) is 7.33. The Kier molecular flexibility index (Phi) is 3.51. The lowest BCUT2D eigenvalue weighted by Gasteiger charge is -2.11. The fourth-order valence-corrected chi connectivity index (χ4v) is 1.08. The molecule has 0 N–H and O–H groups in total. The van der Waals surface area contributed by atoms with E-state index in [-0.39, 0.29) is 5.56 Å². The minimum Gasteiger partial charge on any atom is -0.403 e. The van der Waals surface area contributed by atoms with Crippen LogP contribution in [0.25, 0.3) is 0 Å². The molecule has 1 aromatic rings. The summed E-state index contributed by atoms with van der Waals surface area (Å²) in [4.78, 5) is 10.4. The minimum atomic E-state index is -4.95. The van der Waals surface area contributed by atoms with Crippen molar-refractivity contribution in [3.05, 3.63) is 29.6 Å². The molecule has 0 amide bonds.